The highest BCUT2D eigenvalue weighted by Crippen LogP contribution is 2.33. The van der Waals surface area contributed by atoms with Crippen LogP contribution in [0.25, 0.3) is 5.57 Å². The van der Waals surface area contributed by atoms with E-state index >= 15 is 0 Å². The Morgan fingerprint density at radius 1 is 1.42 bits per heavy atom. The van der Waals surface area contributed by atoms with Gasteiger partial charge in [-0.2, -0.15) is 0 Å². The Morgan fingerprint density at radius 3 is 2.63 bits per heavy atom. The number of rotatable bonds is 2. The van der Waals surface area contributed by atoms with Crippen molar-refractivity contribution < 1.29 is 9.90 Å². The van der Waals surface area contributed by atoms with Gasteiger partial charge >= 0.3 is 0 Å². The van der Waals surface area contributed by atoms with E-state index in [0.717, 1.165) is 6.42 Å². The minimum atomic E-state index is -0.250. The molecule has 0 radical (unpaired) electrons. The normalized spacial score (nSPS) is 17.5. The molecule has 1 aliphatic rings. The van der Waals surface area contributed by atoms with Crippen LogP contribution in [-0.4, -0.2) is 11.6 Å². The summed E-state index contributed by atoms with van der Waals surface area (Å²) in [7, 11) is 0. The minimum absolute atomic E-state index is 0.250. The van der Waals surface area contributed by atoms with Crippen LogP contribution >= 0.6 is 0 Å². The Balaban J connectivity index is 0.000000550. The van der Waals surface area contributed by atoms with Crippen LogP contribution in [-0.2, 0) is 11.2 Å². The minimum Gasteiger partial charge on any atom is -0.483 e. The predicted molar refractivity (Wildman–Crippen MR) is 79.9 cm³/mol. The second-order valence-corrected chi connectivity index (χ2v) is 4.42. The van der Waals surface area contributed by atoms with E-state index in [9.17, 15) is 0 Å². The number of carboxylic acid groups (broad SMARTS) is 1. The molecule has 0 fully saturated rings. The summed E-state index contributed by atoms with van der Waals surface area (Å²) in [4.78, 5) is 8.36. The van der Waals surface area contributed by atoms with Crippen molar-refractivity contribution in [1.29, 1.82) is 0 Å². The molecule has 0 amide bonds. The average Bonchev–Trinajstić information content (AvgIpc) is 2.46. The van der Waals surface area contributed by atoms with Crippen molar-refractivity contribution in [2.45, 2.75) is 20.3 Å². The zero-order valence-corrected chi connectivity index (χ0v) is 11.5. The Bertz CT molecular complexity index is 510. The molecule has 2 nitrogen and oxygen atoms in total. The van der Waals surface area contributed by atoms with E-state index in [2.05, 4.69) is 56.8 Å². The third-order valence-corrected chi connectivity index (χ3v) is 3.30. The molecule has 0 aromatic heterocycles. The van der Waals surface area contributed by atoms with Gasteiger partial charge in [0.2, 0.25) is 0 Å². The zero-order chi connectivity index (χ0) is 14.3. The highest BCUT2D eigenvalue weighted by Gasteiger charge is 2.17. The highest BCUT2D eigenvalue weighted by molar-refractivity contribution is 5.81. The Labute approximate surface area is 114 Å². The van der Waals surface area contributed by atoms with Gasteiger partial charge < -0.3 is 5.11 Å². The van der Waals surface area contributed by atoms with Crippen molar-refractivity contribution in [2.24, 2.45) is 5.92 Å². The Hall–Kier alpha value is -2.09. The second-order valence-electron chi connectivity index (χ2n) is 4.42. The molecular formula is C17H20O2. The van der Waals surface area contributed by atoms with Gasteiger partial charge in [0.15, 0.2) is 0 Å². The van der Waals surface area contributed by atoms with Crippen LogP contribution in [0.4, 0.5) is 0 Å². The third kappa shape index (κ3) is 3.68. The van der Waals surface area contributed by atoms with Gasteiger partial charge in [-0.3, -0.25) is 4.79 Å². The predicted octanol–water partition coefficient (Wildman–Crippen LogP) is 4.10. The van der Waals surface area contributed by atoms with Crippen molar-refractivity contribution in [3.8, 4) is 0 Å². The van der Waals surface area contributed by atoms with Gasteiger partial charge in [-0.15, -0.1) is 6.58 Å². The third-order valence-electron chi connectivity index (χ3n) is 3.30. The van der Waals surface area contributed by atoms with E-state index in [4.69, 9.17) is 9.90 Å². The molecule has 1 aliphatic carbocycles. The molecule has 0 heterocycles. The molecule has 2 heteroatoms. The van der Waals surface area contributed by atoms with Crippen LogP contribution in [0.5, 0.6) is 0 Å². The topological polar surface area (TPSA) is 37.3 Å². The number of hydrogen-bond donors (Lipinski definition) is 1. The van der Waals surface area contributed by atoms with Gasteiger partial charge in [0.05, 0.1) is 0 Å². The summed E-state index contributed by atoms with van der Waals surface area (Å²) in [5, 5.41) is 6.89. The van der Waals surface area contributed by atoms with Gasteiger partial charge in [0.1, 0.15) is 0 Å². The average molecular weight is 256 g/mol. The van der Waals surface area contributed by atoms with Crippen LogP contribution < -0.4 is 0 Å². The van der Waals surface area contributed by atoms with Crippen molar-refractivity contribution in [3.63, 3.8) is 0 Å². The lowest BCUT2D eigenvalue weighted by Gasteiger charge is -2.22. The number of hydrogen-bond acceptors (Lipinski definition) is 1. The monoisotopic (exact) mass is 256 g/mol. The molecule has 0 saturated carbocycles. The van der Waals surface area contributed by atoms with E-state index in [1.165, 1.54) is 22.3 Å². The van der Waals surface area contributed by atoms with E-state index < -0.39 is 0 Å². The Morgan fingerprint density at radius 2 is 2.05 bits per heavy atom. The van der Waals surface area contributed by atoms with Gasteiger partial charge in [-0.25, -0.2) is 0 Å². The lowest BCUT2D eigenvalue weighted by atomic mass is 9.82. The standard InChI is InChI=1S/C16H18.CH2O2/c1-4-12(3)16-11-13(5-2)10-14-8-6-7-9-15(14)16;2-1-3/h4-9,11,13H,2,10H2,1,3H3;1H,(H,2,3)/b12-4-;. The molecule has 0 aliphatic heterocycles. The fourth-order valence-corrected chi connectivity index (χ4v) is 2.23. The summed E-state index contributed by atoms with van der Waals surface area (Å²) < 4.78 is 0. The molecule has 1 atom stereocenters. The molecule has 0 bridgehead atoms. The molecule has 0 spiro atoms. The first kappa shape index (κ1) is 15.0. The van der Waals surface area contributed by atoms with Crippen LogP contribution in [0.2, 0.25) is 0 Å². The first-order valence-electron chi connectivity index (χ1n) is 6.31. The SMILES string of the molecule is C=CC1C=C(/C(C)=C\C)c2ccccc2C1.O=CO. The fourth-order valence-electron chi connectivity index (χ4n) is 2.23. The molecule has 1 N–H and O–H groups in total. The van der Waals surface area contributed by atoms with Crippen molar-refractivity contribution in [2.75, 3.05) is 0 Å². The lowest BCUT2D eigenvalue weighted by Crippen LogP contribution is -2.08. The molecule has 19 heavy (non-hydrogen) atoms. The van der Waals surface area contributed by atoms with Crippen molar-refractivity contribution in [1.82, 2.24) is 0 Å². The van der Waals surface area contributed by atoms with Crippen LogP contribution in [0.3, 0.4) is 0 Å². The molecule has 1 aromatic carbocycles. The summed E-state index contributed by atoms with van der Waals surface area (Å²) in [6, 6.07) is 8.67. The maximum absolute atomic E-state index is 8.36. The van der Waals surface area contributed by atoms with Gasteiger partial charge in [0.25, 0.3) is 6.47 Å². The van der Waals surface area contributed by atoms with Crippen LogP contribution in [0.1, 0.15) is 25.0 Å². The van der Waals surface area contributed by atoms with E-state index in [1.54, 1.807) is 0 Å². The van der Waals surface area contributed by atoms with Gasteiger partial charge in [0, 0.05) is 0 Å². The summed E-state index contributed by atoms with van der Waals surface area (Å²) in [6.07, 6.45) is 7.64. The highest BCUT2D eigenvalue weighted by atomic mass is 16.3. The second kappa shape index (κ2) is 7.37. The zero-order valence-electron chi connectivity index (χ0n) is 11.5. The smallest absolute Gasteiger partial charge is 0.290 e. The van der Waals surface area contributed by atoms with Crippen LogP contribution in [0, 0.1) is 5.92 Å². The molecule has 1 unspecified atom stereocenters. The van der Waals surface area contributed by atoms with E-state index in [-0.39, 0.29) is 6.47 Å². The first-order valence-corrected chi connectivity index (χ1v) is 6.31. The van der Waals surface area contributed by atoms with Gasteiger partial charge in [-0.05, 0) is 48.5 Å². The number of benzene rings is 1. The Kier molecular flexibility index (Phi) is 5.80. The molecule has 100 valence electrons. The first-order chi connectivity index (χ1) is 9.17. The summed E-state index contributed by atoms with van der Waals surface area (Å²) >= 11 is 0. The van der Waals surface area contributed by atoms with Crippen molar-refractivity contribution >= 4 is 12.0 Å². The number of carbonyl (C=O) groups is 1. The lowest BCUT2D eigenvalue weighted by molar-refractivity contribution is -0.122. The molecular weight excluding hydrogens is 236 g/mol. The maximum atomic E-state index is 8.36. The number of fused-ring (bicyclic) bond motifs is 1. The summed E-state index contributed by atoms with van der Waals surface area (Å²) in [5.74, 6) is 0.472. The maximum Gasteiger partial charge on any atom is 0.290 e. The fraction of sp³-hybridized carbons (Fsp3) is 0.235. The summed E-state index contributed by atoms with van der Waals surface area (Å²) in [6.45, 7) is 7.93. The van der Waals surface area contributed by atoms with Gasteiger partial charge in [-0.1, -0.05) is 42.5 Å². The molecule has 0 saturated heterocycles. The van der Waals surface area contributed by atoms with Crippen LogP contribution in [0.15, 0.2) is 54.6 Å². The summed E-state index contributed by atoms with van der Waals surface area (Å²) in [5.41, 5.74) is 5.54. The molecule has 1 aromatic rings. The quantitative estimate of drug-likeness (QED) is 0.639. The number of allylic oxidation sites excluding steroid dienone is 5. The largest absolute Gasteiger partial charge is 0.483 e. The molecule has 2 rings (SSSR count). The van der Waals surface area contributed by atoms with E-state index in [1.807, 2.05) is 6.08 Å². The van der Waals surface area contributed by atoms with E-state index in [0.29, 0.717) is 5.92 Å². The van der Waals surface area contributed by atoms with Crippen molar-refractivity contribution in [3.05, 3.63) is 65.8 Å².